The standard InChI is InChI=1S/C19H19N3O2S/c1-12-8-16(21-18(23)15-6-7-15)25-17(12)19(24)22(2)11-14-5-3-4-13(9-14)10-20/h3-5,8-9,15H,6-7,11H2,1-2H3,(H,21,23). The molecule has 0 atom stereocenters. The van der Waals surface area contributed by atoms with Crippen LogP contribution >= 0.6 is 11.3 Å². The van der Waals surface area contributed by atoms with Crippen LogP contribution in [0.5, 0.6) is 0 Å². The van der Waals surface area contributed by atoms with Crippen molar-refractivity contribution in [2.75, 3.05) is 12.4 Å². The number of anilines is 1. The van der Waals surface area contributed by atoms with E-state index in [4.69, 9.17) is 5.26 Å². The van der Waals surface area contributed by atoms with Crippen molar-refractivity contribution in [3.63, 3.8) is 0 Å². The summed E-state index contributed by atoms with van der Waals surface area (Å²) in [5, 5.41) is 12.6. The maximum atomic E-state index is 12.7. The number of amides is 2. The number of hydrogen-bond acceptors (Lipinski definition) is 4. The quantitative estimate of drug-likeness (QED) is 0.893. The molecule has 0 spiro atoms. The fourth-order valence-corrected chi connectivity index (χ4v) is 3.65. The van der Waals surface area contributed by atoms with Crippen molar-refractivity contribution in [3.05, 3.63) is 51.9 Å². The van der Waals surface area contributed by atoms with Crippen LogP contribution in [-0.4, -0.2) is 23.8 Å². The van der Waals surface area contributed by atoms with E-state index < -0.39 is 0 Å². The van der Waals surface area contributed by atoms with E-state index in [9.17, 15) is 9.59 Å². The molecule has 1 N–H and O–H groups in total. The number of nitriles is 1. The van der Waals surface area contributed by atoms with Gasteiger partial charge in [0.2, 0.25) is 5.91 Å². The van der Waals surface area contributed by atoms with Crippen LogP contribution in [0.2, 0.25) is 0 Å². The maximum Gasteiger partial charge on any atom is 0.264 e. The number of aryl methyl sites for hydroxylation is 1. The average Bonchev–Trinajstić information content (AvgIpc) is 3.38. The summed E-state index contributed by atoms with van der Waals surface area (Å²) in [6, 6.07) is 11.2. The lowest BCUT2D eigenvalue weighted by Gasteiger charge is -2.17. The fourth-order valence-electron chi connectivity index (χ4n) is 2.58. The third kappa shape index (κ3) is 4.06. The molecule has 5 nitrogen and oxygen atoms in total. The molecule has 1 saturated carbocycles. The Labute approximate surface area is 150 Å². The Morgan fingerprint density at radius 2 is 2.12 bits per heavy atom. The second-order valence-corrected chi connectivity index (χ2v) is 7.41. The molecule has 2 amide bonds. The molecular weight excluding hydrogens is 334 g/mol. The molecule has 1 aromatic heterocycles. The minimum absolute atomic E-state index is 0.0434. The van der Waals surface area contributed by atoms with Crippen LogP contribution in [-0.2, 0) is 11.3 Å². The van der Waals surface area contributed by atoms with Gasteiger partial charge in [0.1, 0.15) is 0 Å². The number of hydrogen-bond donors (Lipinski definition) is 1. The summed E-state index contributed by atoms with van der Waals surface area (Å²) < 4.78 is 0. The van der Waals surface area contributed by atoms with Gasteiger partial charge in [-0.2, -0.15) is 5.26 Å². The van der Waals surface area contributed by atoms with Gasteiger partial charge in [0.15, 0.2) is 0 Å². The molecule has 6 heteroatoms. The zero-order valence-electron chi connectivity index (χ0n) is 14.2. The Bertz CT molecular complexity index is 862. The first-order chi connectivity index (χ1) is 12.0. The van der Waals surface area contributed by atoms with Gasteiger partial charge in [0, 0.05) is 19.5 Å². The highest BCUT2D eigenvalue weighted by molar-refractivity contribution is 7.18. The molecular formula is C19H19N3O2S. The molecule has 3 rings (SSSR count). The van der Waals surface area contributed by atoms with Crippen LogP contribution < -0.4 is 5.32 Å². The summed E-state index contributed by atoms with van der Waals surface area (Å²) in [7, 11) is 1.74. The number of rotatable bonds is 5. The molecule has 0 unspecified atom stereocenters. The Balaban J connectivity index is 1.70. The molecule has 0 saturated heterocycles. The van der Waals surface area contributed by atoms with E-state index in [0.29, 0.717) is 17.0 Å². The van der Waals surface area contributed by atoms with Crippen LogP contribution in [0.25, 0.3) is 0 Å². The molecule has 0 radical (unpaired) electrons. The highest BCUT2D eigenvalue weighted by atomic mass is 32.1. The van der Waals surface area contributed by atoms with E-state index in [1.807, 2.05) is 25.1 Å². The molecule has 25 heavy (non-hydrogen) atoms. The molecule has 1 aliphatic carbocycles. The highest BCUT2D eigenvalue weighted by Crippen LogP contribution is 2.33. The molecule has 128 valence electrons. The zero-order valence-corrected chi connectivity index (χ0v) is 15.0. The van der Waals surface area contributed by atoms with Crippen molar-refractivity contribution in [3.8, 4) is 6.07 Å². The smallest absolute Gasteiger partial charge is 0.264 e. The second-order valence-electron chi connectivity index (χ2n) is 6.36. The van der Waals surface area contributed by atoms with Crippen LogP contribution in [0.15, 0.2) is 30.3 Å². The summed E-state index contributed by atoms with van der Waals surface area (Å²) in [5.41, 5.74) is 2.35. The van der Waals surface area contributed by atoms with Crippen LogP contribution in [0.4, 0.5) is 5.00 Å². The number of nitrogens with one attached hydrogen (secondary N) is 1. The van der Waals surface area contributed by atoms with Crippen molar-refractivity contribution in [1.82, 2.24) is 4.90 Å². The Hall–Kier alpha value is -2.65. The minimum atomic E-state index is -0.0863. The lowest BCUT2D eigenvalue weighted by Crippen LogP contribution is -2.26. The van der Waals surface area contributed by atoms with Gasteiger partial charge in [-0.15, -0.1) is 11.3 Å². The zero-order chi connectivity index (χ0) is 18.0. The first-order valence-electron chi connectivity index (χ1n) is 8.13. The lowest BCUT2D eigenvalue weighted by molar-refractivity contribution is -0.117. The monoisotopic (exact) mass is 353 g/mol. The predicted molar refractivity (Wildman–Crippen MR) is 97.4 cm³/mol. The van der Waals surface area contributed by atoms with E-state index >= 15 is 0 Å². The number of nitrogens with zero attached hydrogens (tertiary/aromatic N) is 2. The number of thiophene rings is 1. The second kappa shape index (κ2) is 7.08. The van der Waals surface area contributed by atoms with Crippen LogP contribution in [0, 0.1) is 24.2 Å². The first-order valence-corrected chi connectivity index (χ1v) is 8.95. The summed E-state index contributed by atoms with van der Waals surface area (Å²) in [4.78, 5) is 26.9. The van der Waals surface area contributed by atoms with Crippen LogP contribution in [0.1, 0.15) is 39.2 Å². The Morgan fingerprint density at radius 1 is 1.36 bits per heavy atom. The van der Waals surface area contributed by atoms with Gasteiger partial charge in [-0.25, -0.2) is 0 Å². The molecule has 1 fully saturated rings. The molecule has 0 bridgehead atoms. The third-order valence-corrected chi connectivity index (χ3v) is 5.27. The molecule has 1 heterocycles. The van der Waals surface area contributed by atoms with Crippen molar-refractivity contribution < 1.29 is 9.59 Å². The average molecular weight is 353 g/mol. The van der Waals surface area contributed by atoms with E-state index in [-0.39, 0.29) is 17.7 Å². The van der Waals surface area contributed by atoms with Gasteiger partial charge in [-0.1, -0.05) is 12.1 Å². The highest BCUT2D eigenvalue weighted by Gasteiger charge is 2.30. The van der Waals surface area contributed by atoms with E-state index in [1.54, 1.807) is 24.1 Å². The van der Waals surface area contributed by atoms with Crippen molar-refractivity contribution in [1.29, 1.82) is 5.26 Å². The van der Waals surface area contributed by atoms with Gasteiger partial charge < -0.3 is 10.2 Å². The number of carbonyl (C=O) groups is 2. The molecule has 1 aromatic carbocycles. The normalized spacial score (nSPS) is 13.2. The SMILES string of the molecule is Cc1cc(NC(=O)C2CC2)sc1C(=O)N(C)Cc1cccc(C#N)c1. The first kappa shape index (κ1) is 17.2. The fraction of sp³-hybridized carbons (Fsp3) is 0.316. The van der Waals surface area contributed by atoms with E-state index in [1.165, 1.54) is 11.3 Å². The Kier molecular flexibility index (Phi) is 4.86. The van der Waals surface area contributed by atoms with Crippen molar-refractivity contribution in [2.24, 2.45) is 5.92 Å². The van der Waals surface area contributed by atoms with Gasteiger partial charge in [-0.05, 0) is 49.1 Å². The van der Waals surface area contributed by atoms with E-state index in [2.05, 4.69) is 11.4 Å². The van der Waals surface area contributed by atoms with Gasteiger partial charge in [0.05, 0.1) is 21.5 Å². The molecule has 0 aliphatic heterocycles. The van der Waals surface area contributed by atoms with Gasteiger partial charge in [0.25, 0.3) is 5.91 Å². The summed E-state index contributed by atoms with van der Waals surface area (Å²) in [5.74, 6) is 0.0929. The third-order valence-electron chi connectivity index (χ3n) is 4.13. The van der Waals surface area contributed by atoms with Gasteiger partial charge >= 0.3 is 0 Å². The Morgan fingerprint density at radius 3 is 2.80 bits per heavy atom. The lowest BCUT2D eigenvalue weighted by atomic mass is 10.1. The maximum absolute atomic E-state index is 12.7. The predicted octanol–water partition coefficient (Wildman–Crippen LogP) is 3.55. The summed E-state index contributed by atoms with van der Waals surface area (Å²) in [6.07, 6.45) is 1.90. The topological polar surface area (TPSA) is 73.2 Å². The van der Waals surface area contributed by atoms with Crippen molar-refractivity contribution in [2.45, 2.75) is 26.3 Å². The van der Waals surface area contributed by atoms with Gasteiger partial charge in [-0.3, -0.25) is 9.59 Å². The molecule has 2 aromatic rings. The largest absolute Gasteiger partial charge is 0.337 e. The van der Waals surface area contributed by atoms with Crippen molar-refractivity contribution >= 4 is 28.2 Å². The molecule has 1 aliphatic rings. The number of benzene rings is 1. The van der Waals surface area contributed by atoms with E-state index in [0.717, 1.165) is 29.0 Å². The minimum Gasteiger partial charge on any atom is -0.337 e. The number of carbonyl (C=O) groups excluding carboxylic acids is 2. The summed E-state index contributed by atoms with van der Waals surface area (Å²) in [6.45, 7) is 2.30. The summed E-state index contributed by atoms with van der Waals surface area (Å²) >= 11 is 1.31. The van der Waals surface area contributed by atoms with Crippen LogP contribution in [0.3, 0.4) is 0 Å².